The molecular formula is C19H17Cl2N3O2S. The molecule has 2 aromatic carbocycles. The third-order valence-corrected chi connectivity index (χ3v) is 4.11. The highest BCUT2D eigenvalue weighted by Gasteiger charge is 2.05. The number of hydrogen-bond acceptors (Lipinski definition) is 3. The van der Waals surface area contributed by atoms with E-state index in [1.54, 1.807) is 55.5 Å². The van der Waals surface area contributed by atoms with Crippen molar-refractivity contribution in [2.24, 2.45) is 0 Å². The van der Waals surface area contributed by atoms with Crippen molar-refractivity contribution in [3.63, 3.8) is 0 Å². The molecule has 27 heavy (non-hydrogen) atoms. The van der Waals surface area contributed by atoms with Crippen molar-refractivity contribution in [1.29, 1.82) is 0 Å². The van der Waals surface area contributed by atoms with Gasteiger partial charge in [-0.1, -0.05) is 42.3 Å². The van der Waals surface area contributed by atoms with Crippen molar-refractivity contribution in [2.75, 3.05) is 10.6 Å². The van der Waals surface area contributed by atoms with Crippen LogP contribution in [0.3, 0.4) is 0 Å². The molecule has 0 aliphatic carbocycles. The Hall–Kier alpha value is -2.41. The summed E-state index contributed by atoms with van der Waals surface area (Å²) in [7, 11) is 0. The van der Waals surface area contributed by atoms with Crippen molar-refractivity contribution < 1.29 is 9.59 Å². The van der Waals surface area contributed by atoms with E-state index >= 15 is 0 Å². The minimum Gasteiger partial charge on any atom is -0.332 e. The van der Waals surface area contributed by atoms with Crippen LogP contribution in [0.4, 0.5) is 11.4 Å². The summed E-state index contributed by atoms with van der Waals surface area (Å²) in [5.74, 6) is -0.497. The number of carbonyl (C=O) groups excluding carboxylic acids is 2. The van der Waals surface area contributed by atoms with Crippen molar-refractivity contribution in [3.05, 3.63) is 64.1 Å². The lowest BCUT2D eigenvalue weighted by atomic mass is 10.2. The van der Waals surface area contributed by atoms with Crippen molar-refractivity contribution in [1.82, 2.24) is 5.32 Å². The van der Waals surface area contributed by atoms with Crippen LogP contribution in [-0.4, -0.2) is 16.9 Å². The predicted molar refractivity (Wildman–Crippen MR) is 115 cm³/mol. The van der Waals surface area contributed by atoms with Gasteiger partial charge in [0, 0.05) is 33.9 Å². The van der Waals surface area contributed by atoms with Crippen LogP contribution in [0, 0.1) is 0 Å². The summed E-state index contributed by atoms with van der Waals surface area (Å²) in [6.07, 6.45) is 3.27. The van der Waals surface area contributed by atoms with Gasteiger partial charge in [0.25, 0.3) is 0 Å². The van der Waals surface area contributed by atoms with Gasteiger partial charge in [-0.3, -0.25) is 14.9 Å². The molecule has 2 amide bonds. The van der Waals surface area contributed by atoms with E-state index in [0.29, 0.717) is 33.4 Å². The van der Waals surface area contributed by atoms with Crippen LogP contribution in [0.1, 0.15) is 18.9 Å². The third kappa shape index (κ3) is 7.02. The number of hydrogen-bond donors (Lipinski definition) is 3. The van der Waals surface area contributed by atoms with Gasteiger partial charge in [-0.15, -0.1) is 0 Å². The molecule has 2 aromatic rings. The molecule has 3 N–H and O–H groups in total. The maximum absolute atomic E-state index is 12.0. The zero-order valence-electron chi connectivity index (χ0n) is 14.4. The van der Waals surface area contributed by atoms with E-state index in [-0.39, 0.29) is 11.0 Å². The van der Waals surface area contributed by atoms with E-state index in [0.717, 1.165) is 0 Å². The normalized spacial score (nSPS) is 10.5. The molecule has 140 valence electrons. The number of carbonyl (C=O) groups is 2. The lowest BCUT2D eigenvalue weighted by molar-refractivity contribution is -0.116. The highest BCUT2D eigenvalue weighted by molar-refractivity contribution is 7.80. The first-order chi connectivity index (χ1) is 12.9. The second-order valence-electron chi connectivity index (χ2n) is 5.43. The van der Waals surface area contributed by atoms with E-state index in [4.69, 9.17) is 35.4 Å². The van der Waals surface area contributed by atoms with Crippen molar-refractivity contribution in [3.8, 4) is 0 Å². The fraction of sp³-hybridized carbons (Fsp3) is 0.105. The van der Waals surface area contributed by atoms with Crippen molar-refractivity contribution >= 4 is 69.8 Å². The highest BCUT2D eigenvalue weighted by atomic mass is 35.5. The second kappa shape index (κ2) is 10.1. The summed E-state index contributed by atoms with van der Waals surface area (Å²) >= 11 is 17.0. The fourth-order valence-corrected chi connectivity index (χ4v) is 2.73. The molecule has 0 aromatic heterocycles. The van der Waals surface area contributed by atoms with Gasteiger partial charge in [0.05, 0.1) is 0 Å². The minimum atomic E-state index is -0.408. The number of nitrogens with one attached hydrogen (secondary N) is 3. The smallest absolute Gasteiger partial charge is 0.250 e. The molecule has 0 aliphatic rings. The van der Waals surface area contributed by atoms with E-state index < -0.39 is 5.91 Å². The van der Waals surface area contributed by atoms with E-state index in [9.17, 15) is 9.59 Å². The van der Waals surface area contributed by atoms with Gasteiger partial charge in [-0.25, -0.2) is 0 Å². The molecule has 8 heteroatoms. The highest BCUT2D eigenvalue weighted by Crippen LogP contribution is 2.22. The van der Waals surface area contributed by atoms with Gasteiger partial charge in [0.2, 0.25) is 11.8 Å². The molecule has 0 atom stereocenters. The molecule has 0 saturated heterocycles. The van der Waals surface area contributed by atoms with Gasteiger partial charge < -0.3 is 10.6 Å². The summed E-state index contributed by atoms with van der Waals surface area (Å²) in [6, 6.07) is 12.0. The van der Waals surface area contributed by atoms with Crippen LogP contribution in [0.25, 0.3) is 6.08 Å². The largest absolute Gasteiger partial charge is 0.332 e. The minimum absolute atomic E-state index is 0.0889. The van der Waals surface area contributed by atoms with Gasteiger partial charge in [-0.05, 0) is 54.2 Å². The first kappa shape index (κ1) is 20.9. The Labute approximate surface area is 172 Å². The maximum atomic E-state index is 12.0. The second-order valence-corrected chi connectivity index (χ2v) is 6.68. The Kier molecular flexibility index (Phi) is 7.79. The maximum Gasteiger partial charge on any atom is 0.250 e. The first-order valence-corrected chi connectivity index (χ1v) is 9.19. The number of anilines is 2. The van der Waals surface area contributed by atoms with Gasteiger partial charge in [0.1, 0.15) is 0 Å². The molecule has 5 nitrogen and oxygen atoms in total. The number of amides is 2. The lowest BCUT2D eigenvalue weighted by Crippen LogP contribution is -2.32. The number of rotatable bonds is 5. The molecule has 0 spiro atoms. The molecule has 0 unspecified atom stereocenters. The topological polar surface area (TPSA) is 70.2 Å². The Bertz CT molecular complexity index is 900. The van der Waals surface area contributed by atoms with E-state index in [2.05, 4.69) is 16.0 Å². The standard InChI is InChI=1S/C19H17Cl2N3O2S/c1-2-17(25)22-14-4-3-5-15(11-14)23-19(27)24-18(26)9-7-12-6-8-13(20)10-16(12)21/h3-11H,2H2,1H3,(H,22,25)(H2,23,24,26,27)/b9-7+. The molecule has 0 bridgehead atoms. The SMILES string of the molecule is CCC(=O)Nc1cccc(NC(=S)NC(=O)/C=C/c2ccc(Cl)cc2Cl)c1. The monoisotopic (exact) mass is 421 g/mol. The lowest BCUT2D eigenvalue weighted by Gasteiger charge is -2.10. The first-order valence-electron chi connectivity index (χ1n) is 8.02. The van der Waals surface area contributed by atoms with E-state index in [1.165, 1.54) is 6.08 Å². The average molecular weight is 422 g/mol. The molecule has 0 saturated carbocycles. The summed E-state index contributed by atoms with van der Waals surface area (Å²) in [5.41, 5.74) is 1.94. The van der Waals surface area contributed by atoms with Crippen LogP contribution in [-0.2, 0) is 9.59 Å². The molecular weight excluding hydrogens is 405 g/mol. The predicted octanol–water partition coefficient (Wildman–Crippen LogP) is 4.87. The molecule has 0 fully saturated rings. The zero-order valence-corrected chi connectivity index (χ0v) is 16.7. The number of benzene rings is 2. The Morgan fingerprint density at radius 1 is 1.07 bits per heavy atom. The van der Waals surface area contributed by atoms with Crippen LogP contribution in [0.2, 0.25) is 10.0 Å². The summed E-state index contributed by atoms with van der Waals surface area (Å²) in [4.78, 5) is 23.4. The van der Waals surface area contributed by atoms with Gasteiger partial charge in [-0.2, -0.15) is 0 Å². The van der Waals surface area contributed by atoms with Crippen LogP contribution in [0.5, 0.6) is 0 Å². The molecule has 2 rings (SSSR count). The van der Waals surface area contributed by atoms with Crippen molar-refractivity contribution in [2.45, 2.75) is 13.3 Å². The van der Waals surface area contributed by atoms with Crippen LogP contribution >= 0.6 is 35.4 Å². The Morgan fingerprint density at radius 3 is 2.44 bits per heavy atom. The summed E-state index contributed by atoms with van der Waals surface area (Å²) in [5, 5.41) is 9.27. The molecule has 0 aliphatic heterocycles. The fourth-order valence-electron chi connectivity index (χ4n) is 2.04. The van der Waals surface area contributed by atoms with E-state index in [1.807, 2.05) is 0 Å². The molecule has 0 heterocycles. The van der Waals surface area contributed by atoms with Gasteiger partial charge >= 0.3 is 0 Å². The van der Waals surface area contributed by atoms with Crippen LogP contribution in [0.15, 0.2) is 48.5 Å². The molecule has 0 radical (unpaired) electrons. The Balaban J connectivity index is 1.93. The average Bonchev–Trinajstić information content (AvgIpc) is 2.61. The van der Waals surface area contributed by atoms with Crippen LogP contribution < -0.4 is 16.0 Å². The Morgan fingerprint density at radius 2 is 1.78 bits per heavy atom. The van der Waals surface area contributed by atoms with Gasteiger partial charge in [0.15, 0.2) is 5.11 Å². The summed E-state index contributed by atoms with van der Waals surface area (Å²) < 4.78 is 0. The quantitative estimate of drug-likeness (QED) is 0.475. The number of thiocarbonyl (C=S) groups is 1. The zero-order chi connectivity index (χ0) is 19.8. The summed E-state index contributed by atoms with van der Waals surface area (Å²) in [6.45, 7) is 1.77. The third-order valence-electron chi connectivity index (χ3n) is 3.34. The number of halogens is 2.